The fourth-order valence-corrected chi connectivity index (χ4v) is 1.44. The molecule has 1 unspecified atom stereocenters. The largest absolute Gasteiger partial charge is 0.448 e. The van der Waals surface area contributed by atoms with E-state index in [1.807, 2.05) is 12.1 Å². The van der Waals surface area contributed by atoms with Crippen molar-refractivity contribution >= 4 is 11.6 Å². The van der Waals surface area contributed by atoms with Gasteiger partial charge >= 0.3 is 0 Å². The van der Waals surface area contributed by atoms with Crippen LogP contribution in [0.3, 0.4) is 0 Å². The minimum Gasteiger partial charge on any atom is -0.448 e. The lowest BCUT2D eigenvalue weighted by atomic mass is 10.1. The molecule has 0 aliphatic rings. The lowest BCUT2D eigenvalue weighted by Crippen LogP contribution is -2.27. The standard InChI is InChI=1S/C10H15ClN2O/c1-2-3-4-5-8(13-12)9-6-7-10(11)14-9/h2,6-8,13H,1,3-5,12H2. The Morgan fingerprint density at radius 2 is 2.43 bits per heavy atom. The number of hydrazine groups is 1. The third-order valence-corrected chi connectivity index (χ3v) is 2.24. The van der Waals surface area contributed by atoms with Crippen molar-refractivity contribution in [1.29, 1.82) is 0 Å². The highest BCUT2D eigenvalue weighted by Gasteiger charge is 2.12. The molecule has 1 atom stereocenters. The third-order valence-electron chi connectivity index (χ3n) is 2.04. The van der Waals surface area contributed by atoms with E-state index in [4.69, 9.17) is 21.9 Å². The second kappa shape index (κ2) is 5.86. The van der Waals surface area contributed by atoms with Crippen molar-refractivity contribution in [3.63, 3.8) is 0 Å². The molecular weight excluding hydrogens is 200 g/mol. The van der Waals surface area contributed by atoms with Crippen LogP contribution in [0.2, 0.25) is 5.22 Å². The Kier molecular flexibility index (Phi) is 4.73. The highest BCUT2D eigenvalue weighted by atomic mass is 35.5. The predicted molar refractivity (Wildman–Crippen MR) is 57.8 cm³/mol. The Bertz CT molecular complexity index is 285. The number of furan rings is 1. The van der Waals surface area contributed by atoms with Crippen LogP contribution in [0.15, 0.2) is 29.2 Å². The topological polar surface area (TPSA) is 51.2 Å². The summed E-state index contributed by atoms with van der Waals surface area (Å²) in [6.07, 6.45) is 4.80. The smallest absolute Gasteiger partial charge is 0.193 e. The molecule has 0 aliphatic carbocycles. The Morgan fingerprint density at radius 1 is 1.64 bits per heavy atom. The lowest BCUT2D eigenvalue weighted by molar-refractivity contribution is 0.396. The molecule has 0 saturated heterocycles. The van der Waals surface area contributed by atoms with Crippen LogP contribution >= 0.6 is 11.6 Å². The third kappa shape index (κ3) is 3.18. The van der Waals surface area contributed by atoms with Crippen LogP contribution < -0.4 is 11.3 Å². The van der Waals surface area contributed by atoms with E-state index >= 15 is 0 Å². The van der Waals surface area contributed by atoms with Crippen molar-refractivity contribution < 1.29 is 4.42 Å². The summed E-state index contributed by atoms with van der Waals surface area (Å²) in [5, 5.41) is 0.393. The molecule has 1 rings (SSSR count). The van der Waals surface area contributed by atoms with Gasteiger partial charge in [-0.25, -0.2) is 5.43 Å². The molecule has 0 fully saturated rings. The van der Waals surface area contributed by atoms with Crippen molar-refractivity contribution in [2.45, 2.75) is 25.3 Å². The second-order valence-electron chi connectivity index (χ2n) is 3.08. The van der Waals surface area contributed by atoms with Crippen LogP contribution in [-0.2, 0) is 0 Å². The zero-order valence-electron chi connectivity index (χ0n) is 8.00. The van der Waals surface area contributed by atoms with E-state index in [0.29, 0.717) is 5.22 Å². The maximum Gasteiger partial charge on any atom is 0.193 e. The van der Waals surface area contributed by atoms with Gasteiger partial charge in [-0.2, -0.15) is 0 Å². The van der Waals surface area contributed by atoms with Crippen molar-refractivity contribution in [2.75, 3.05) is 0 Å². The molecule has 0 aliphatic heterocycles. The molecule has 0 spiro atoms. The number of rotatable bonds is 6. The molecule has 0 saturated carbocycles. The Labute approximate surface area is 88.9 Å². The van der Waals surface area contributed by atoms with Crippen molar-refractivity contribution in [1.82, 2.24) is 5.43 Å². The average molecular weight is 215 g/mol. The van der Waals surface area contributed by atoms with Gasteiger partial charge in [0.25, 0.3) is 0 Å². The maximum absolute atomic E-state index is 5.67. The molecule has 0 radical (unpaired) electrons. The Morgan fingerprint density at radius 3 is 2.93 bits per heavy atom. The molecule has 0 amide bonds. The minimum atomic E-state index is 0.0300. The molecule has 0 aromatic carbocycles. The quantitative estimate of drug-likeness (QED) is 0.331. The lowest BCUT2D eigenvalue weighted by Gasteiger charge is -2.11. The van der Waals surface area contributed by atoms with Crippen LogP contribution in [-0.4, -0.2) is 0 Å². The van der Waals surface area contributed by atoms with E-state index < -0.39 is 0 Å². The number of allylic oxidation sites excluding steroid dienone is 1. The van der Waals surface area contributed by atoms with E-state index in [1.54, 1.807) is 6.07 Å². The van der Waals surface area contributed by atoms with E-state index in [-0.39, 0.29) is 6.04 Å². The SMILES string of the molecule is C=CCCCC(NN)c1ccc(Cl)o1. The van der Waals surface area contributed by atoms with Crippen LogP contribution in [0, 0.1) is 0 Å². The molecule has 14 heavy (non-hydrogen) atoms. The van der Waals surface area contributed by atoms with Crippen LogP contribution in [0.1, 0.15) is 31.1 Å². The highest BCUT2D eigenvalue weighted by molar-refractivity contribution is 6.28. The fourth-order valence-electron chi connectivity index (χ4n) is 1.29. The first-order chi connectivity index (χ1) is 6.77. The van der Waals surface area contributed by atoms with Gasteiger partial charge in [0.15, 0.2) is 5.22 Å². The molecule has 1 heterocycles. The summed E-state index contributed by atoms with van der Waals surface area (Å²) < 4.78 is 5.26. The maximum atomic E-state index is 5.67. The summed E-state index contributed by atoms with van der Waals surface area (Å²) in [7, 11) is 0. The number of nitrogens with two attached hydrogens (primary N) is 1. The first-order valence-corrected chi connectivity index (χ1v) is 4.98. The van der Waals surface area contributed by atoms with Crippen molar-refractivity contribution in [2.24, 2.45) is 5.84 Å². The second-order valence-corrected chi connectivity index (χ2v) is 3.45. The van der Waals surface area contributed by atoms with Crippen LogP contribution in [0.4, 0.5) is 0 Å². The van der Waals surface area contributed by atoms with Crippen molar-refractivity contribution in [3.8, 4) is 0 Å². The van der Waals surface area contributed by atoms with Gasteiger partial charge in [0.2, 0.25) is 0 Å². The summed E-state index contributed by atoms with van der Waals surface area (Å²) in [6.45, 7) is 3.66. The summed E-state index contributed by atoms with van der Waals surface area (Å²) >= 11 is 5.67. The molecule has 78 valence electrons. The zero-order valence-corrected chi connectivity index (χ0v) is 8.76. The molecular formula is C10H15ClN2O. The monoisotopic (exact) mass is 214 g/mol. The van der Waals surface area contributed by atoms with Gasteiger partial charge in [-0.1, -0.05) is 6.08 Å². The van der Waals surface area contributed by atoms with Gasteiger partial charge < -0.3 is 4.42 Å². The number of unbranched alkanes of at least 4 members (excludes halogenated alkanes) is 1. The van der Waals surface area contributed by atoms with Gasteiger partial charge in [-0.15, -0.1) is 6.58 Å². The van der Waals surface area contributed by atoms with Gasteiger partial charge in [0.05, 0.1) is 6.04 Å². The van der Waals surface area contributed by atoms with Gasteiger partial charge in [0, 0.05) is 0 Å². The van der Waals surface area contributed by atoms with Gasteiger partial charge in [0.1, 0.15) is 5.76 Å². The zero-order chi connectivity index (χ0) is 10.4. The Balaban J connectivity index is 2.49. The molecule has 3 N–H and O–H groups in total. The van der Waals surface area contributed by atoms with E-state index in [0.717, 1.165) is 25.0 Å². The summed E-state index contributed by atoms with van der Waals surface area (Å²) in [5.41, 5.74) is 2.70. The first kappa shape index (κ1) is 11.3. The Hall–Kier alpha value is -0.770. The first-order valence-electron chi connectivity index (χ1n) is 4.60. The summed E-state index contributed by atoms with van der Waals surface area (Å²) in [5.74, 6) is 6.20. The van der Waals surface area contributed by atoms with Crippen LogP contribution in [0.5, 0.6) is 0 Å². The summed E-state index contributed by atoms with van der Waals surface area (Å²) in [6, 6.07) is 3.58. The fraction of sp³-hybridized carbons (Fsp3) is 0.400. The molecule has 1 aromatic rings. The molecule has 3 nitrogen and oxygen atoms in total. The summed E-state index contributed by atoms with van der Waals surface area (Å²) in [4.78, 5) is 0. The molecule has 0 bridgehead atoms. The number of nitrogens with one attached hydrogen (secondary N) is 1. The van der Waals surface area contributed by atoms with E-state index in [1.165, 1.54) is 0 Å². The number of hydrogen-bond acceptors (Lipinski definition) is 3. The van der Waals surface area contributed by atoms with Gasteiger partial charge in [-0.05, 0) is 43.0 Å². The molecule has 1 aromatic heterocycles. The minimum absolute atomic E-state index is 0.0300. The van der Waals surface area contributed by atoms with E-state index in [9.17, 15) is 0 Å². The number of halogens is 1. The van der Waals surface area contributed by atoms with Gasteiger partial charge in [-0.3, -0.25) is 5.84 Å². The van der Waals surface area contributed by atoms with Crippen LogP contribution in [0.25, 0.3) is 0 Å². The molecule has 4 heteroatoms. The average Bonchev–Trinajstić information content (AvgIpc) is 2.60. The predicted octanol–water partition coefficient (Wildman–Crippen LogP) is 2.79. The highest BCUT2D eigenvalue weighted by Crippen LogP contribution is 2.23. The number of hydrogen-bond donors (Lipinski definition) is 2. The van der Waals surface area contributed by atoms with Crippen molar-refractivity contribution in [3.05, 3.63) is 35.8 Å². The van der Waals surface area contributed by atoms with E-state index in [2.05, 4.69) is 12.0 Å². The normalized spacial score (nSPS) is 12.7.